The van der Waals surface area contributed by atoms with E-state index in [9.17, 15) is 10.5 Å². The average molecular weight is 739 g/mol. The summed E-state index contributed by atoms with van der Waals surface area (Å²) in [5.41, 5.74) is 5.51. The number of benzene rings is 10. The Hall–Kier alpha value is -7.92. The number of fused-ring (bicyclic) bond motifs is 11. The predicted octanol–water partition coefficient (Wildman–Crippen LogP) is 14.0. The number of ether oxygens (including phenoxy) is 2. The molecule has 268 valence electrons. The molecule has 4 nitrogen and oxygen atoms in total. The van der Waals surface area contributed by atoms with Crippen LogP contribution in [0, 0.1) is 22.7 Å². The Morgan fingerprint density at radius 3 is 1.19 bits per heavy atom. The van der Waals surface area contributed by atoms with Crippen molar-refractivity contribution in [3.63, 3.8) is 0 Å². The molecule has 0 aliphatic heterocycles. The maximum atomic E-state index is 9.88. The minimum absolute atomic E-state index is 0.612. The fourth-order valence-electron chi connectivity index (χ4n) is 10.0. The average Bonchev–Trinajstić information content (AvgIpc) is 3.76. The third-order valence-corrected chi connectivity index (χ3v) is 12.5. The van der Waals surface area contributed by atoms with Gasteiger partial charge in [-0.3, -0.25) is 0 Å². The fraction of sp³-hybridized carbons (Fsp3) is 0.0370. The Morgan fingerprint density at radius 1 is 0.345 bits per heavy atom. The first-order valence-corrected chi connectivity index (χ1v) is 19.3. The van der Waals surface area contributed by atoms with E-state index in [4.69, 9.17) is 9.47 Å². The van der Waals surface area contributed by atoms with Crippen LogP contribution in [0.2, 0.25) is 0 Å². The molecule has 0 bridgehead atoms. The Balaban J connectivity index is 1.40. The highest BCUT2D eigenvalue weighted by atomic mass is 16.5. The number of rotatable bonds is 4. The monoisotopic (exact) mass is 738 g/mol. The number of nitrogens with zero attached hydrogens (tertiary/aromatic N) is 2. The number of nitriles is 2. The van der Waals surface area contributed by atoms with Gasteiger partial charge in [-0.1, -0.05) is 72.8 Å². The minimum atomic E-state index is 0.612. The summed E-state index contributed by atoms with van der Waals surface area (Å²) in [6.07, 6.45) is 0. The molecule has 0 heterocycles. The Morgan fingerprint density at radius 2 is 0.724 bits per heavy atom. The molecule has 12 aromatic carbocycles. The van der Waals surface area contributed by atoms with Crippen molar-refractivity contribution in [1.82, 2.24) is 0 Å². The van der Waals surface area contributed by atoms with Crippen LogP contribution in [0.25, 0.3) is 119 Å². The van der Waals surface area contributed by atoms with Crippen LogP contribution in [0.3, 0.4) is 0 Å². The molecule has 0 aromatic heterocycles. The van der Waals surface area contributed by atoms with E-state index in [1.165, 1.54) is 43.1 Å². The zero-order valence-corrected chi connectivity index (χ0v) is 31.6. The minimum Gasteiger partial charge on any atom is -0.497 e. The van der Waals surface area contributed by atoms with E-state index in [0.29, 0.717) is 11.1 Å². The Labute approximate surface area is 332 Å². The number of hydrogen-bond acceptors (Lipinski definition) is 4. The van der Waals surface area contributed by atoms with Crippen LogP contribution < -0.4 is 9.47 Å². The zero-order valence-electron chi connectivity index (χ0n) is 31.6. The van der Waals surface area contributed by atoms with Gasteiger partial charge >= 0.3 is 0 Å². The molecule has 12 rings (SSSR count). The fourth-order valence-corrected chi connectivity index (χ4v) is 10.0. The van der Waals surface area contributed by atoms with Gasteiger partial charge in [0.05, 0.1) is 37.5 Å². The van der Waals surface area contributed by atoms with Crippen molar-refractivity contribution >= 4 is 97.0 Å². The summed E-state index contributed by atoms with van der Waals surface area (Å²) < 4.78 is 12.0. The smallest absolute Gasteiger partial charge is 0.120 e. The first-order valence-electron chi connectivity index (χ1n) is 19.3. The molecule has 0 radical (unpaired) electrons. The second kappa shape index (κ2) is 11.8. The second-order valence-electron chi connectivity index (χ2n) is 15.3. The maximum absolute atomic E-state index is 9.88. The number of methoxy groups -OCH3 is 2. The SMILES string of the molecule is COc1cc2c3ccccc3cc3c4cc5c(-c6ccc(C#N)cc6)c6c7cc(OC)cc8c9ccccc9cc(c6c(-c6ccc(C#N)cc6)c5cc4c(c1)c23)c87. The van der Waals surface area contributed by atoms with Gasteiger partial charge in [0.15, 0.2) is 0 Å². The molecule has 0 aliphatic carbocycles. The lowest BCUT2D eigenvalue weighted by molar-refractivity contribution is 0.416. The topological polar surface area (TPSA) is 66.0 Å². The summed E-state index contributed by atoms with van der Waals surface area (Å²) in [6, 6.07) is 56.1. The quantitative estimate of drug-likeness (QED) is 0.169. The lowest BCUT2D eigenvalue weighted by Crippen LogP contribution is -1.90. The molecular formula is C54H30N2O2. The van der Waals surface area contributed by atoms with E-state index in [1.54, 1.807) is 14.2 Å². The molecule has 0 amide bonds. The van der Waals surface area contributed by atoms with Crippen LogP contribution in [0.4, 0.5) is 0 Å². The van der Waals surface area contributed by atoms with E-state index < -0.39 is 0 Å². The summed E-state index contributed by atoms with van der Waals surface area (Å²) in [6.45, 7) is 0. The molecule has 0 unspecified atom stereocenters. The molecule has 0 N–H and O–H groups in total. The first-order chi connectivity index (χ1) is 28.6. The molecule has 0 atom stereocenters. The third kappa shape index (κ3) is 4.26. The number of hydrogen-bond donors (Lipinski definition) is 0. The second-order valence-corrected chi connectivity index (χ2v) is 15.3. The van der Waals surface area contributed by atoms with E-state index >= 15 is 0 Å². The molecular weight excluding hydrogens is 709 g/mol. The first kappa shape index (κ1) is 32.3. The van der Waals surface area contributed by atoms with E-state index in [1.807, 2.05) is 24.3 Å². The van der Waals surface area contributed by atoms with E-state index in [0.717, 1.165) is 87.6 Å². The normalized spacial score (nSPS) is 11.9. The maximum Gasteiger partial charge on any atom is 0.120 e. The molecule has 4 heteroatoms. The van der Waals surface area contributed by atoms with Crippen LogP contribution >= 0.6 is 0 Å². The summed E-state index contributed by atoms with van der Waals surface area (Å²) >= 11 is 0. The van der Waals surface area contributed by atoms with Crippen molar-refractivity contribution in [2.75, 3.05) is 14.2 Å². The van der Waals surface area contributed by atoms with Gasteiger partial charge < -0.3 is 9.47 Å². The largest absolute Gasteiger partial charge is 0.497 e. The van der Waals surface area contributed by atoms with Gasteiger partial charge in [-0.05, 0) is 192 Å². The van der Waals surface area contributed by atoms with Gasteiger partial charge in [-0.25, -0.2) is 0 Å². The van der Waals surface area contributed by atoms with E-state index in [-0.39, 0.29) is 0 Å². The lowest BCUT2D eigenvalue weighted by Gasteiger charge is -2.17. The molecule has 0 spiro atoms. The molecule has 0 saturated carbocycles. The Kier molecular flexibility index (Phi) is 6.58. The van der Waals surface area contributed by atoms with Crippen LogP contribution in [0.5, 0.6) is 11.5 Å². The molecule has 12 aromatic rings. The Bertz CT molecular complexity index is 3810. The lowest BCUT2D eigenvalue weighted by atomic mass is 9.85. The summed E-state index contributed by atoms with van der Waals surface area (Å²) in [4.78, 5) is 0. The van der Waals surface area contributed by atoms with Crippen LogP contribution in [-0.2, 0) is 0 Å². The van der Waals surface area contributed by atoms with Gasteiger partial charge in [0.1, 0.15) is 11.5 Å². The van der Waals surface area contributed by atoms with Crippen molar-refractivity contribution in [3.8, 4) is 45.9 Å². The van der Waals surface area contributed by atoms with Gasteiger partial charge in [-0.15, -0.1) is 0 Å². The summed E-state index contributed by atoms with van der Waals surface area (Å²) in [5, 5.41) is 40.6. The van der Waals surface area contributed by atoms with Crippen LogP contribution in [-0.4, -0.2) is 14.2 Å². The highest BCUT2D eigenvalue weighted by Crippen LogP contribution is 2.55. The van der Waals surface area contributed by atoms with Crippen molar-refractivity contribution in [1.29, 1.82) is 10.5 Å². The van der Waals surface area contributed by atoms with Crippen LogP contribution in [0.15, 0.2) is 146 Å². The van der Waals surface area contributed by atoms with Crippen molar-refractivity contribution in [3.05, 3.63) is 157 Å². The van der Waals surface area contributed by atoms with Crippen LogP contribution in [0.1, 0.15) is 11.1 Å². The van der Waals surface area contributed by atoms with Gasteiger partial charge in [0, 0.05) is 0 Å². The zero-order chi connectivity index (χ0) is 38.8. The predicted molar refractivity (Wildman–Crippen MR) is 240 cm³/mol. The van der Waals surface area contributed by atoms with Gasteiger partial charge in [0.2, 0.25) is 0 Å². The van der Waals surface area contributed by atoms with Crippen molar-refractivity contribution in [2.45, 2.75) is 0 Å². The summed E-state index contributed by atoms with van der Waals surface area (Å²) in [7, 11) is 3.48. The molecule has 58 heavy (non-hydrogen) atoms. The molecule has 0 fully saturated rings. The molecule has 0 aliphatic rings. The third-order valence-electron chi connectivity index (χ3n) is 12.5. The standard InChI is InChI=1S/C54H30N2O2/c1-57-35-21-42-37-9-5-3-7-33(37)19-41-39-25-45-46(26-40(39)44(23-35)51(41)42)49(31-15-11-29(27-55)12-16-31)53-47-20-34-8-4-6-10-38(34)43-22-36(58-2)24-48(52(43)47)54(53)50(45)32-17-13-30(28-56)14-18-32/h3-26H,1-2H3. The van der Waals surface area contributed by atoms with E-state index in [2.05, 4.69) is 133 Å². The van der Waals surface area contributed by atoms with Crippen molar-refractivity contribution < 1.29 is 9.47 Å². The molecule has 0 saturated heterocycles. The van der Waals surface area contributed by atoms with Crippen molar-refractivity contribution in [2.24, 2.45) is 0 Å². The summed E-state index contributed by atoms with van der Waals surface area (Å²) in [5.74, 6) is 1.61. The highest BCUT2D eigenvalue weighted by molar-refractivity contribution is 6.44. The highest BCUT2D eigenvalue weighted by Gasteiger charge is 2.27. The van der Waals surface area contributed by atoms with Gasteiger partial charge in [0.25, 0.3) is 0 Å². The van der Waals surface area contributed by atoms with Gasteiger partial charge in [-0.2, -0.15) is 10.5 Å².